The molecule has 10 heteroatoms. The number of cyclic esters (lactones) is 1. The summed E-state index contributed by atoms with van der Waals surface area (Å²) in [4.78, 5) is 36.1. The second kappa shape index (κ2) is 7.22. The normalized spacial score (nSPS) is 20.0. The number of nitroso groups, excluding NO2 is 1. The van der Waals surface area contributed by atoms with E-state index in [1.165, 1.54) is 4.90 Å². The van der Waals surface area contributed by atoms with Crippen LogP contribution in [0.3, 0.4) is 0 Å². The Morgan fingerprint density at radius 1 is 1.31 bits per heavy atom. The molecule has 1 aromatic rings. The third kappa shape index (κ3) is 3.44. The summed E-state index contributed by atoms with van der Waals surface area (Å²) in [6.07, 6.45) is -1.03. The maximum Gasteiger partial charge on any atom is 0.414 e. The number of rotatable bonds is 6. The number of nitrogens with one attached hydrogen (secondary N) is 1. The molecule has 2 heterocycles. The molecule has 2 saturated heterocycles. The first kappa shape index (κ1) is 18.0. The van der Waals surface area contributed by atoms with E-state index < -0.39 is 29.9 Å². The second-order valence-corrected chi connectivity index (χ2v) is 6.20. The van der Waals surface area contributed by atoms with Crippen LogP contribution in [0, 0.1) is 16.5 Å². The Hall–Kier alpha value is -2.78. The van der Waals surface area contributed by atoms with Crippen molar-refractivity contribution in [1.82, 2.24) is 5.32 Å². The highest BCUT2D eigenvalue weighted by atomic mass is 19.1. The number of halogens is 2. The van der Waals surface area contributed by atoms with Crippen LogP contribution in [0.15, 0.2) is 17.3 Å². The Balaban J connectivity index is 1.70. The molecule has 1 atom stereocenters. The third-order valence-corrected chi connectivity index (χ3v) is 4.36. The van der Waals surface area contributed by atoms with Crippen molar-refractivity contribution in [2.24, 2.45) is 5.18 Å². The lowest BCUT2D eigenvalue weighted by Gasteiger charge is -2.37. The summed E-state index contributed by atoms with van der Waals surface area (Å²) < 4.78 is 33.8. The maximum absolute atomic E-state index is 14.4. The van der Waals surface area contributed by atoms with E-state index in [2.05, 4.69) is 10.5 Å². The summed E-state index contributed by atoms with van der Waals surface area (Å²) in [6.45, 7) is 2.21. The van der Waals surface area contributed by atoms with Crippen molar-refractivity contribution in [3.05, 3.63) is 28.7 Å². The van der Waals surface area contributed by atoms with Crippen LogP contribution in [0.2, 0.25) is 0 Å². The molecule has 3 rings (SSSR count). The highest BCUT2D eigenvalue weighted by Crippen LogP contribution is 2.33. The SMILES string of the molecule is CCC(=O)NC[C@H]1CN(c2cc(F)c(N3CC(N=O)C3)c(F)c2)C(=O)O1. The zero-order chi connectivity index (χ0) is 18.8. The quantitative estimate of drug-likeness (QED) is 0.773. The number of ether oxygens (including phenoxy) is 1. The van der Waals surface area contributed by atoms with E-state index in [4.69, 9.17) is 4.74 Å². The summed E-state index contributed by atoms with van der Waals surface area (Å²) in [5, 5.41) is 5.43. The molecule has 26 heavy (non-hydrogen) atoms. The molecular formula is C16H18F2N4O4. The van der Waals surface area contributed by atoms with Gasteiger partial charge in [-0.2, -0.15) is 4.91 Å². The predicted octanol–water partition coefficient (Wildman–Crippen LogP) is 1.77. The van der Waals surface area contributed by atoms with E-state index in [0.717, 1.165) is 17.0 Å². The Morgan fingerprint density at radius 2 is 1.96 bits per heavy atom. The van der Waals surface area contributed by atoms with Crippen molar-refractivity contribution in [2.45, 2.75) is 25.5 Å². The molecule has 2 fully saturated rings. The largest absolute Gasteiger partial charge is 0.442 e. The highest BCUT2D eigenvalue weighted by molar-refractivity contribution is 5.90. The molecule has 0 aliphatic carbocycles. The van der Waals surface area contributed by atoms with Gasteiger partial charge in [-0.15, -0.1) is 0 Å². The molecule has 0 spiro atoms. The topological polar surface area (TPSA) is 91.3 Å². The monoisotopic (exact) mass is 368 g/mol. The molecule has 0 unspecified atom stereocenters. The molecule has 1 aromatic carbocycles. The first-order valence-electron chi connectivity index (χ1n) is 8.24. The van der Waals surface area contributed by atoms with Crippen LogP contribution in [0.5, 0.6) is 0 Å². The molecule has 2 aliphatic heterocycles. The van der Waals surface area contributed by atoms with E-state index in [9.17, 15) is 23.3 Å². The van der Waals surface area contributed by atoms with Gasteiger partial charge in [-0.1, -0.05) is 12.1 Å². The number of carbonyl (C=O) groups is 2. The number of hydrogen-bond acceptors (Lipinski definition) is 6. The van der Waals surface area contributed by atoms with Gasteiger partial charge in [0.15, 0.2) is 11.6 Å². The van der Waals surface area contributed by atoms with Gasteiger partial charge in [0.1, 0.15) is 17.8 Å². The molecular weight excluding hydrogens is 350 g/mol. The van der Waals surface area contributed by atoms with Crippen LogP contribution >= 0.6 is 0 Å². The van der Waals surface area contributed by atoms with Gasteiger partial charge in [0, 0.05) is 31.6 Å². The van der Waals surface area contributed by atoms with Gasteiger partial charge in [-0.05, 0) is 0 Å². The lowest BCUT2D eigenvalue weighted by atomic mass is 10.1. The summed E-state index contributed by atoms with van der Waals surface area (Å²) in [5.74, 6) is -1.85. The van der Waals surface area contributed by atoms with Gasteiger partial charge in [-0.25, -0.2) is 13.6 Å². The van der Waals surface area contributed by atoms with E-state index >= 15 is 0 Å². The minimum absolute atomic E-state index is 0.0312. The van der Waals surface area contributed by atoms with Crippen molar-refractivity contribution < 1.29 is 23.1 Å². The third-order valence-electron chi connectivity index (χ3n) is 4.36. The van der Waals surface area contributed by atoms with E-state index in [1.807, 2.05) is 0 Å². The van der Waals surface area contributed by atoms with Gasteiger partial charge in [0.05, 0.1) is 18.8 Å². The molecule has 140 valence electrons. The van der Waals surface area contributed by atoms with Gasteiger partial charge in [0.25, 0.3) is 0 Å². The Kier molecular flexibility index (Phi) is 5.01. The molecule has 0 bridgehead atoms. The summed E-state index contributed by atoms with van der Waals surface area (Å²) in [5.41, 5.74) is -0.211. The van der Waals surface area contributed by atoms with Crippen LogP contribution < -0.4 is 15.1 Å². The summed E-state index contributed by atoms with van der Waals surface area (Å²) >= 11 is 0. The van der Waals surface area contributed by atoms with Gasteiger partial charge in [-0.3, -0.25) is 9.69 Å². The number of hydrogen-bond donors (Lipinski definition) is 1. The summed E-state index contributed by atoms with van der Waals surface area (Å²) in [7, 11) is 0. The molecule has 8 nitrogen and oxygen atoms in total. The van der Waals surface area contributed by atoms with E-state index in [0.29, 0.717) is 6.42 Å². The molecule has 2 aliphatic rings. The zero-order valence-corrected chi connectivity index (χ0v) is 14.1. The zero-order valence-electron chi connectivity index (χ0n) is 14.1. The lowest BCUT2D eigenvalue weighted by Crippen LogP contribution is -2.50. The first-order valence-corrected chi connectivity index (χ1v) is 8.24. The van der Waals surface area contributed by atoms with Crippen molar-refractivity contribution in [1.29, 1.82) is 0 Å². The number of benzene rings is 1. The van der Waals surface area contributed by atoms with E-state index in [1.54, 1.807) is 6.92 Å². The highest BCUT2D eigenvalue weighted by Gasteiger charge is 2.35. The number of carbonyl (C=O) groups excluding carboxylic acids is 2. The Labute approximate surface area is 148 Å². The molecule has 0 saturated carbocycles. The van der Waals surface area contributed by atoms with Crippen LogP contribution in [-0.4, -0.2) is 50.3 Å². The number of anilines is 2. The fourth-order valence-electron chi connectivity index (χ4n) is 2.91. The second-order valence-electron chi connectivity index (χ2n) is 6.20. The van der Waals surface area contributed by atoms with Crippen LogP contribution in [-0.2, 0) is 9.53 Å². The minimum Gasteiger partial charge on any atom is -0.442 e. The summed E-state index contributed by atoms with van der Waals surface area (Å²) in [6, 6.07) is 1.63. The fourth-order valence-corrected chi connectivity index (χ4v) is 2.91. The molecule has 2 amide bonds. The van der Waals surface area contributed by atoms with E-state index in [-0.39, 0.29) is 43.5 Å². The standard InChI is InChI=1S/C16H18F2N4O4/c1-2-14(23)19-5-11-8-22(16(24)26-11)10-3-12(17)15(13(18)4-10)21-6-9(7-21)20-25/h3-4,9,11H,2,5-8H2,1H3,(H,19,23)/t11-/m0/s1. The maximum atomic E-state index is 14.4. The number of amides is 2. The van der Waals surface area contributed by atoms with Crippen molar-refractivity contribution in [3.63, 3.8) is 0 Å². The molecule has 0 aromatic heterocycles. The van der Waals surface area contributed by atoms with Crippen molar-refractivity contribution >= 4 is 23.4 Å². The number of nitrogens with zero attached hydrogens (tertiary/aromatic N) is 3. The Morgan fingerprint density at radius 3 is 2.54 bits per heavy atom. The van der Waals surface area contributed by atoms with Crippen LogP contribution in [0.4, 0.5) is 25.0 Å². The molecule has 0 radical (unpaired) electrons. The smallest absolute Gasteiger partial charge is 0.414 e. The Bertz CT molecular complexity index is 716. The van der Waals surface area contributed by atoms with Crippen LogP contribution in [0.1, 0.15) is 13.3 Å². The van der Waals surface area contributed by atoms with Crippen molar-refractivity contribution in [2.75, 3.05) is 36.0 Å². The minimum atomic E-state index is -0.833. The van der Waals surface area contributed by atoms with Gasteiger partial charge in [0.2, 0.25) is 5.91 Å². The fraction of sp³-hybridized carbons (Fsp3) is 0.500. The lowest BCUT2D eigenvalue weighted by molar-refractivity contribution is -0.121. The average Bonchev–Trinajstić information content (AvgIpc) is 2.94. The average molecular weight is 368 g/mol. The molecule has 1 N–H and O–H groups in total. The van der Waals surface area contributed by atoms with Gasteiger partial charge < -0.3 is 15.0 Å². The van der Waals surface area contributed by atoms with Crippen molar-refractivity contribution in [3.8, 4) is 0 Å². The first-order chi connectivity index (χ1) is 12.4. The van der Waals surface area contributed by atoms with Gasteiger partial charge >= 0.3 is 6.09 Å². The predicted molar refractivity (Wildman–Crippen MR) is 89.1 cm³/mol. The van der Waals surface area contributed by atoms with Crippen LogP contribution in [0.25, 0.3) is 0 Å².